The summed E-state index contributed by atoms with van der Waals surface area (Å²) in [5, 5.41) is 0. The molecule has 14 heavy (non-hydrogen) atoms. The normalized spacial score (nSPS) is 20.1. The first-order chi connectivity index (χ1) is 6.63. The van der Waals surface area contributed by atoms with Crippen LogP contribution >= 0.6 is 0 Å². The Balaban J connectivity index is 2.19. The second-order valence-electron chi connectivity index (χ2n) is 5.26. The molecule has 1 aliphatic rings. The van der Waals surface area contributed by atoms with Crippen LogP contribution in [-0.4, -0.2) is 31.6 Å². The van der Waals surface area contributed by atoms with Gasteiger partial charge in [0.2, 0.25) is 0 Å². The van der Waals surface area contributed by atoms with Crippen molar-refractivity contribution in [2.45, 2.75) is 33.1 Å². The van der Waals surface area contributed by atoms with Gasteiger partial charge < -0.3 is 10.6 Å². The summed E-state index contributed by atoms with van der Waals surface area (Å²) in [6.45, 7) is 7.82. The van der Waals surface area contributed by atoms with Crippen LogP contribution in [-0.2, 0) is 0 Å². The average Bonchev–Trinajstić information content (AvgIpc) is 2.07. The zero-order chi connectivity index (χ0) is 10.6. The first-order valence-corrected chi connectivity index (χ1v) is 6.02. The molecule has 0 heterocycles. The highest BCUT2D eigenvalue weighted by Crippen LogP contribution is 2.27. The van der Waals surface area contributed by atoms with Gasteiger partial charge in [-0.1, -0.05) is 20.3 Å². The summed E-state index contributed by atoms with van der Waals surface area (Å²) in [5.41, 5.74) is 5.77. The Hall–Kier alpha value is -0.0800. The van der Waals surface area contributed by atoms with Crippen molar-refractivity contribution < 1.29 is 0 Å². The van der Waals surface area contributed by atoms with E-state index in [1.165, 1.54) is 32.4 Å². The lowest BCUT2D eigenvalue weighted by Crippen LogP contribution is -2.37. The molecule has 0 saturated heterocycles. The highest BCUT2D eigenvalue weighted by molar-refractivity contribution is 4.75. The van der Waals surface area contributed by atoms with E-state index in [9.17, 15) is 0 Å². The summed E-state index contributed by atoms with van der Waals surface area (Å²) >= 11 is 0. The van der Waals surface area contributed by atoms with E-state index in [4.69, 9.17) is 5.73 Å². The molecule has 84 valence electrons. The maximum Gasteiger partial charge on any atom is 0.00212 e. The van der Waals surface area contributed by atoms with Gasteiger partial charge in [0, 0.05) is 13.1 Å². The van der Waals surface area contributed by atoms with Crippen LogP contribution in [0.5, 0.6) is 0 Å². The fourth-order valence-electron chi connectivity index (χ4n) is 2.15. The molecule has 0 radical (unpaired) electrons. The standard InChI is InChI=1S/C12H26N2/c1-10(2)12(7-13)9-14(3)8-11-5-4-6-11/h10-12H,4-9,13H2,1-3H3. The van der Waals surface area contributed by atoms with Crippen LogP contribution < -0.4 is 5.73 Å². The monoisotopic (exact) mass is 198 g/mol. The van der Waals surface area contributed by atoms with Crippen molar-refractivity contribution in [1.29, 1.82) is 0 Å². The van der Waals surface area contributed by atoms with Gasteiger partial charge in [0.25, 0.3) is 0 Å². The Morgan fingerprint density at radius 2 is 2.00 bits per heavy atom. The van der Waals surface area contributed by atoms with E-state index >= 15 is 0 Å². The van der Waals surface area contributed by atoms with Gasteiger partial charge in [-0.15, -0.1) is 0 Å². The number of rotatable bonds is 6. The van der Waals surface area contributed by atoms with Crippen molar-refractivity contribution in [3.05, 3.63) is 0 Å². The predicted molar refractivity (Wildman–Crippen MR) is 62.2 cm³/mol. The third-order valence-corrected chi connectivity index (χ3v) is 3.59. The minimum Gasteiger partial charge on any atom is -0.330 e. The third kappa shape index (κ3) is 3.58. The lowest BCUT2D eigenvalue weighted by molar-refractivity contribution is 0.172. The molecule has 1 rings (SSSR count). The number of nitrogens with zero attached hydrogens (tertiary/aromatic N) is 1. The predicted octanol–water partition coefficient (Wildman–Crippen LogP) is 1.95. The van der Waals surface area contributed by atoms with Crippen LogP contribution in [0.2, 0.25) is 0 Å². The lowest BCUT2D eigenvalue weighted by Gasteiger charge is -2.32. The van der Waals surface area contributed by atoms with Crippen LogP contribution in [0.25, 0.3) is 0 Å². The lowest BCUT2D eigenvalue weighted by atomic mass is 9.85. The molecule has 1 saturated carbocycles. The van der Waals surface area contributed by atoms with Crippen LogP contribution in [0, 0.1) is 17.8 Å². The number of hydrogen-bond donors (Lipinski definition) is 1. The summed E-state index contributed by atoms with van der Waals surface area (Å²) in [6.07, 6.45) is 4.33. The summed E-state index contributed by atoms with van der Waals surface area (Å²) in [4.78, 5) is 2.47. The molecular weight excluding hydrogens is 172 g/mol. The molecule has 0 aromatic heterocycles. The van der Waals surface area contributed by atoms with Gasteiger partial charge in [0.15, 0.2) is 0 Å². The van der Waals surface area contributed by atoms with E-state index in [0.29, 0.717) is 11.8 Å². The smallest absolute Gasteiger partial charge is 0.00212 e. The van der Waals surface area contributed by atoms with E-state index in [0.717, 1.165) is 12.5 Å². The van der Waals surface area contributed by atoms with E-state index in [1.54, 1.807) is 0 Å². The zero-order valence-electron chi connectivity index (χ0n) is 10.00. The first-order valence-electron chi connectivity index (χ1n) is 6.02. The van der Waals surface area contributed by atoms with Gasteiger partial charge >= 0.3 is 0 Å². The minimum atomic E-state index is 0.667. The fraction of sp³-hybridized carbons (Fsp3) is 1.00. The van der Waals surface area contributed by atoms with Gasteiger partial charge in [-0.2, -0.15) is 0 Å². The Morgan fingerprint density at radius 1 is 1.36 bits per heavy atom. The fourth-order valence-corrected chi connectivity index (χ4v) is 2.15. The van der Waals surface area contributed by atoms with E-state index < -0.39 is 0 Å². The van der Waals surface area contributed by atoms with Crippen LogP contribution in [0.15, 0.2) is 0 Å². The Labute approximate surface area is 88.8 Å². The second kappa shape index (κ2) is 5.72. The van der Waals surface area contributed by atoms with Crippen molar-refractivity contribution in [3.8, 4) is 0 Å². The van der Waals surface area contributed by atoms with E-state index in [-0.39, 0.29) is 0 Å². The molecule has 0 aromatic rings. The molecular formula is C12H26N2. The van der Waals surface area contributed by atoms with Crippen molar-refractivity contribution in [2.75, 3.05) is 26.7 Å². The average molecular weight is 198 g/mol. The Bertz CT molecular complexity index is 152. The molecule has 0 bridgehead atoms. The molecule has 0 aromatic carbocycles. The van der Waals surface area contributed by atoms with E-state index in [2.05, 4.69) is 25.8 Å². The van der Waals surface area contributed by atoms with Gasteiger partial charge in [-0.05, 0) is 44.2 Å². The summed E-state index contributed by atoms with van der Waals surface area (Å²) in [7, 11) is 2.24. The molecule has 1 aliphatic carbocycles. The van der Waals surface area contributed by atoms with Crippen LogP contribution in [0.4, 0.5) is 0 Å². The van der Waals surface area contributed by atoms with E-state index in [1.807, 2.05) is 0 Å². The summed E-state index contributed by atoms with van der Waals surface area (Å²) in [6, 6.07) is 0. The molecule has 0 aliphatic heterocycles. The highest BCUT2D eigenvalue weighted by Gasteiger charge is 2.21. The highest BCUT2D eigenvalue weighted by atomic mass is 15.1. The molecule has 2 nitrogen and oxygen atoms in total. The minimum absolute atomic E-state index is 0.667. The number of hydrogen-bond acceptors (Lipinski definition) is 2. The molecule has 2 N–H and O–H groups in total. The van der Waals surface area contributed by atoms with Crippen molar-refractivity contribution in [2.24, 2.45) is 23.5 Å². The van der Waals surface area contributed by atoms with Gasteiger partial charge in [-0.3, -0.25) is 0 Å². The second-order valence-corrected chi connectivity index (χ2v) is 5.26. The van der Waals surface area contributed by atoms with Gasteiger partial charge in [-0.25, -0.2) is 0 Å². The van der Waals surface area contributed by atoms with Gasteiger partial charge in [0.05, 0.1) is 0 Å². The molecule has 0 spiro atoms. The Kier molecular flexibility index (Phi) is 4.90. The van der Waals surface area contributed by atoms with Crippen LogP contribution in [0.3, 0.4) is 0 Å². The SMILES string of the molecule is CC(C)C(CN)CN(C)CC1CCC1. The molecule has 1 unspecified atom stereocenters. The maximum absolute atomic E-state index is 5.77. The Morgan fingerprint density at radius 3 is 2.36 bits per heavy atom. The molecule has 0 amide bonds. The largest absolute Gasteiger partial charge is 0.330 e. The van der Waals surface area contributed by atoms with Crippen molar-refractivity contribution >= 4 is 0 Å². The summed E-state index contributed by atoms with van der Waals surface area (Å²) < 4.78 is 0. The van der Waals surface area contributed by atoms with Crippen molar-refractivity contribution in [3.63, 3.8) is 0 Å². The summed E-state index contributed by atoms with van der Waals surface area (Å²) in [5.74, 6) is 2.36. The third-order valence-electron chi connectivity index (χ3n) is 3.59. The molecule has 2 heteroatoms. The van der Waals surface area contributed by atoms with Crippen LogP contribution in [0.1, 0.15) is 33.1 Å². The van der Waals surface area contributed by atoms with Gasteiger partial charge in [0.1, 0.15) is 0 Å². The molecule has 1 fully saturated rings. The molecule has 1 atom stereocenters. The topological polar surface area (TPSA) is 29.3 Å². The zero-order valence-corrected chi connectivity index (χ0v) is 10.00. The number of nitrogens with two attached hydrogens (primary N) is 1. The maximum atomic E-state index is 5.77. The quantitative estimate of drug-likeness (QED) is 0.707. The first kappa shape index (κ1) is 12.0. The van der Waals surface area contributed by atoms with Crippen molar-refractivity contribution in [1.82, 2.24) is 4.90 Å².